The molecule has 0 aromatic carbocycles. The summed E-state index contributed by atoms with van der Waals surface area (Å²) in [5, 5.41) is 0. The van der Waals surface area contributed by atoms with Gasteiger partial charge in [-0.25, -0.2) is 0 Å². The Morgan fingerprint density at radius 3 is 0.754 bits per heavy atom. The van der Waals surface area contributed by atoms with Gasteiger partial charge in [0.25, 0.3) is 0 Å². The van der Waals surface area contributed by atoms with Crippen molar-refractivity contribution in [3.8, 4) is 0 Å². The number of esters is 3. The Labute approximate surface area is 406 Å². The van der Waals surface area contributed by atoms with E-state index in [1.807, 2.05) is 0 Å². The van der Waals surface area contributed by atoms with Crippen molar-refractivity contribution in [1.82, 2.24) is 0 Å². The Kier molecular flexibility index (Phi) is 52.1. The summed E-state index contributed by atoms with van der Waals surface area (Å²) in [5.74, 6) is -0.000435. The third kappa shape index (κ3) is 53.2. The van der Waals surface area contributed by atoms with E-state index in [0.29, 0.717) is 19.3 Å². The SMILES string of the molecule is CCCCCCCCCCCCCCCCCCCCC(=O)OC[C@H](COC(=O)CCCCCCCCCCCCCCC(C)C)OC(=O)CCCCCCCCCCCCCCCC. The molecule has 0 rings (SSSR count). The zero-order valence-electron chi connectivity index (χ0n) is 44.5. The summed E-state index contributed by atoms with van der Waals surface area (Å²) in [6.45, 7) is 9.06. The molecule has 0 aromatic rings. The van der Waals surface area contributed by atoms with E-state index < -0.39 is 6.10 Å². The summed E-state index contributed by atoms with van der Waals surface area (Å²) in [6.07, 6.45) is 58.1. The number of rotatable bonds is 54. The van der Waals surface area contributed by atoms with Crippen LogP contribution in [-0.4, -0.2) is 37.2 Å². The summed E-state index contributed by atoms with van der Waals surface area (Å²) < 4.78 is 16.9. The molecule has 0 radical (unpaired) electrons. The first-order chi connectivity index (χ1) is 31.9. The monoisotopic (exact) mass is 919 g/mol. The minimum absolute atomic E-state index is 0.0617. The standard InChI is InChI=1S/C59H114O6/c1-5-7-9-11-13-15-17-19-21-22-23-24-26-30-34-38-42-46-50-57(60)63-53-56(65-59(62)52-48-44-40-36-32-25-20-18-16-14-12-10-8-6-2)54-64-58(61)51-47-43-39-35-31-28-27-29-33-37-41-45-49-55(3)4/h55-56H,5-54H2,1-4H3/t56-/m1/s1. The first-order valence-corrected chi connectivity index (χ1v) is 29.4. The maximum Gasteiger partial charge on any atom is 0.306 e. The molecule has 0 aliphatic carbocycles. The van der Waals surface area contributed by atoms with Crippen LogP contribution in [0.4, 0.5) is 0 Å². The van der Waals surface area contributed by atoms with Crippen LogP contribution in [0.15, 0.2) is 0 Å². The molecule has 0 N–H and O–H groups in total. The van der Waals surface area contributed by atoms with Crippen molar-refractivity contribution in [2.24, 2.45) is 5.92 Å². The Bertz CT molecular complexity index is 980. The van der Waals surface area contributed by atoms with Crippen LogP contribution in [0, 0.1) is 5.92 Å². The normalized spacial score (nSPS) is 12.0. The second-order valence-corrected chi connectivity index (χ2v) is 20.8. The predicted molar refractivity (Wildman–Crippen MR) is 280 cm³/mol. The predicted octanol–water partition coefficient (Wildman–Crippen LogP) is 19.4. The van der Waals surface area contributed by atoms with Crippen molar-refractivity contribution in [2.75, 3.05) is 13.2 Å². The van der Waals surface area contributed by atoms with Gasteiger partial charge in [-0.15, -0.1) is 0 Å². The molecule has 0 saturated carbocycles. The van der Waals surface area contributed by atoms with Crippen LogP contribution in [0.25, 0.3) is 0 Å². The highest BCUT2D eigenvalue weighted by molar-refractivity contribution is 5.71. The van der Waals surface area contributed by atoms with Gasteiger partial charge in [0.1, 0.15) is 13.2 Å². The second kappa shape index (κ2) is 53.4. The van der Waals surface area contributed by atoms with Crippen molar-refractivity contribution >= 4 is 17.9 Å². The van der Waals surface area contributed by atoms with E-state index >= 15 is 0 Å². The average Bonchev–Trinajstić information content (AvgIpc) is 3.29. The highest BCUT2D eigenvalue weighted by atomic mass is 16.6. The first-order valence-electron chi connectivity index (χ1n) is 29.4. The molecule has 386 valence electrons. The minimum atomic E-state index is -0.762. The molecule has 0 aliphatic heterocycles. The second-order valence-electron chi connectivity index (χ2n) is 20.8. The minimum Gasteiger partial charge on any atom is -0.462 e. The molecule has 0 bridgehead atoms. The molecule has 1 atom stereocenters. The number of hydrogen-bond donors (Lipinski definition) is 0. The average molecular weight is 920 g/mol. The summed E-state index contributed by atoms with van der Waals surface area (Å²) in [6, 6.07) is 0. The van der Waals surface area contributed by atoms with Crippen LogP contribution in [0.3, 0.4) is 0 Å². The lowest BCUT2D eigenvalue weighted by atomic mass is 10.0. The van der Waals surface area contributed by atoms with Gasteiger partial charge in [0.2, 0.25) is 0 Å². The Morgan fingerprint density at radius 1 is 0.292 bits per heavy atom. The van der Waals surface area contributed by atoms with E-state index in [1.54, 1.807) is 0 Å². The molecule has 0 fully saturated rings. The van der Waals surface area contributed by atoms with E-state index in [4.69, 9.17) is 14.2 Å². The van der Waals surface area contributed by atoms with E-state index in [9.17, 15) is 14.4 Å². The molecule has 0 heterocycles. The van der Waals surface area contributed by atoms with E-state index in [1.165, 1.54) is 231 Å². The summed E-state index contributed by atoms with van der Waals surface area (Å²) in [5.41, 5.74) is 0. The molecule has 0 unspecified atom stereocenters. The van der Waals surface area contributed by atoms with Crippen LogP contribution in [-0.2, 0) is 28.6 Å². The molecule has 0 amide bonds. The number of hydrogen-bond acceptors (Lipinski definition) is 6. The fraction of sp³-hybridized carbons (Fsp3) is 0.949. The van der Waals surface area contributed by atoms with Crippen molar-refractivity contribution in [1.29, 1.82) is 0 Å². The Balaban J connectivity index is 4.28. The quantitative estimate of drug-likeness (QED) is 0.0344. The van der Waals surface area contributed by atoms with Crippen LogP contribution < -0.4 is 0 Å². The van der Waals surface area contributed by atoms with Gasteiger partial charge in [0.05, 0.1) is 0 Å². The first kappa shape index (κ1) is 63.4. The third-order valence-electron chi connectivity index (χ3n) is 13.5. The maximum atomic E-state index is 12.8. The van der Waals surface area contributed by atoms with Gasteiger partial charge in [-0.2, -0.15) is 0 Å². The molecule has 6 nitrogen and oxygen atoms in total. The van der Waals surface area contributed by atoms with Crippen molar-refractivity contribution in [3.63, 3.8) is 0 Å². The van der Waals surface area contributed by atoms with Crippen LogP contribution >= 0.6 is 0 Å². The van der Waals surface area contributed by atoms with Gasteiger partial charge >= 0.3 is 17.9 Å². The Morgan fingerprint density at radius 2 is 0.508 bits per heavy atom. The molecule has 6 heteroatoms. The third-order valence-corrected chi connectivity index (χ3v) is 13.5. The fourth-order valence-corrected chi connectivity index (χ4v) is 9.10. The van der Waals surface area contributed by atoms with E-state index in [-0.39, 0.29) is 31.1 Å². The highest BCUT2D eigenvalue weighted by Crippen LogP contribution is 2.18. The van der Waals surface area contributed by atoms with Gasteiger partial charge in [-0.05, 0) is 25.2 Å². The molecule has 65 heavy (non-hydrogen) atoms. The lowest BCUT2D eigenvalue weighted by Crippen LogP contribution is -2.30. The lowest BCUT2D eigenvalue weighted by molar-refractivity contribution is -0.167. The van der Waals surface area contributed by atoms with Crippen LogP contribution in [0.5, 0.6) is 0 Å². The van der Waals surface area contributed by atoms with Gasteiger partial charge in [0.15, 0.2) is 6.10 Å². The van der Waals surface area contributed by atoms with Crippen molar-refractivity contribution < 1.29 is 28.6 Å². The number of unbranched alkanes of at least 4 members (excludes halogenated alkanes) is 41. The number of ether oxygens (including phenoxy) is 3. The maximum absolute atomic E-state index is 12.8. The smallest absolute Gasteiger partial charge is 0.306 e. The molecule has 0 aromatic heterocycles. The van der Waals surface area contributed by atoms with E-state index in [0.717, 1.165) is 63.7 Å². The van der Waals surface area contributed by atoms with Crippen LogP contribution in [0.2, 0.25) is 0 Å². The topological polar surface area (TPSA) is 78.9 Å². The van der Waals surface area contributed by atoms with Gasteiger partial charge in [0, 0.05) is 19.3 Å². The molecule has 0 saturated heterocycles. The molecular weight excluding hydrogens is 805 g/mol. The zero-order chi connectivity index (χ0) is 47.4. The summed E-state index contributed by atoms with van der Waals surface area (Å²) in [7, 11) is 0. The number of carbonyl (C=O) groups excluding carboxylic acids is 3. The highest BCUT2D eigenvalue weighted by Gasteiger charge is 2.19. The Hall–Kier alpha value is -1.59. The lowest BCUT2D eigenvalue weighted by Gasteiger charge is -2.18. The number of carbonyl (C=O) groups is 3. The molecule has 0 aliphatic rings. The summed E-state index contributed by atoms with van der Waals surface area (Å²) in [4.78, 5) is 38.1. The zero-order valence-corrected chi connectivity index (χ0v) is 44.5. The van der Waals surface area contributed by atoms with Crippen molar-refractivity contribution in [3.05, 3.63) is 0 Å². The van der Waals surface area contributed by atoms with Crippen molar-refractivity contribution in [2.45, 2.75) is 342 Å². The van der Waals surface area contributed by atoms with Gasteiger partial charge < -0.3 is 14.2 Å². The summed E-state index contributed by atoms with van der Waals surface area (Å²) >= 11 is 0. The molecule has 0 spiro atoms. The van der Waals surface area contributed by atoms with Crippen LogP contribution in [0.1, 0.15) is 336 Å². The largest absolute Gasteiger partial charge is 0.462 e. The fourth-order valence-electron chi connectivity index (χ4n) is 9.10. The van der Waals surface area contributed by atoms with Gasteiger partial charge in [-0.3, -0.25) is 14.4 Å². The molecular formula is C59H114O6. The van der Waals surface area contributed by atoms with Gasteiger partial charge in [-0.1, -0.05) is 297 Å². The van der Waals surface area contributed by atoms with E-state index in [2.05, 4.69) is 27.7 Å².